The summed E-state index contributed by atoms with van der Waals surface area (Å²) in [7, 11) is 0. The number of carboxylic acids is 1. The summed E-state index contributed by atoms with van der Waals surface area (Å²) in [5.74, 6) is 0.193. The quantitative estimate of drug-likeness (QED) is 0.729. The van der Waals surface area contributed by atoms with Gasteiger partial charge in [0.05, 0.1) is 22.9 Å². The van der Waals surface area contributed by atoms with Gasteiger partial charge in [0, 0.05) is 5.92 Å². The maximum absolute atomic E-state index is 11.9. The molecule has 4 heteroatoms. The zero-order valence-electron chi connectivity index (χ0n) is 15.3. The van der Waals surface area contributed by atoms with Crippen molar-refractivity contribution in [3.8, 4) is 0 Å². The smallest absolute Gasteiger partial charge is 0.314 e. The number of fused-ring (bicyclic) bond motifs is 3. The van der Waals surface area contributed by atoms with Gasteiger partial charge in [-0.3, -0.25) is 4.79 Å². The minimum Gasteiger partial charge on any atom is -0.512 e. The average Bonchev–Trinajstić information content (AvgIpc) is 2.43. The number of carbonyl (C=O) groups is 1. The second-order valence-corrected chi connectivity index (χ2v) is 8.90. The molecule has 1 saturated carbocycles. The first kappa shape index (κ1) is 16.9. The van der Waals surface area contributed by atoms with Crippen molar-refractivity contribution in [2.75, 3.05) is 0 Å². The molecule has 4 rings (SSSR count). The van der Waals surface area contributed by atoms with E-state index in [0.29, 0.717) is 30.4 Å². The van der Waals surface area contributed by atoms with E-state index in [1.807, 2.05) is 6.08 Å². The first-order valence-corrected chi connectivity index (χ1v) is 9.44. The van der Waals surface area contributed by atoms with E-state index in [-0.39, 0.29) is 17.6 Å². The molecule has 0 bridgehead atoms. The molecule has 1 aliphatic heterocycles. The Bertz CT molecular complexity index is 693. The van der Waals surface area contributed by atoms with Crippen LogP contribution in [0.15, 0.2) is 35.1 Å². The SMILES string of the molecule is CC1=CCC2[C@@H](C1)C1C(O)=CC(C3(C(=O)O)CCC3)=CC1OC2(C)C. The normalized spacial score (nSPS) is 38.3. The molecular formula is C21H28O4. The zero-order valence-corrected chi connectivity index (χ0v) is 15.3. The van der Waals surface area contributed by atoms with Gasteiger partial charge in [-0.2, -0.15) is 0 Å². The molecular weight excluding hydrogens is 316 g/mol. The van der Waals surface area contributed by atoms with Crippen LogP contribution in [0, 0.1) is 23.2 Å². The summed E-state index contributed by atoms with van der Waals surface area (Å²) < 4.78 is 6.43. The van der Waals surface area contributed by atoms with Crippen molar-refractivity contribution in [2.24, 2.45) is 23.2 Å². The van der Waals surface area contributed by atoms with E-state index in [1.165, 1.54) is 5.57 Å². The molecule has 25 heavy (non-hydrogen) atoms. The number of allylic oxidation sites excluding steroid dienone is 3. The molecule has 0 aromatic carbocycles. The molecule has 4 nitrogen and oxygen atoms in total. The van der Waals surface area contributed by atoms with E-state index in [0.717, 1.165) is 24.8 Å². The first-order chi connectivity index (χ1) is 11.7. The lowest BCUT2D eigenvalue weighted by Gasteiger charge is -2.54. The van der Waals surface area contributed by atoms with Crippen LogP contribution in [0.2, 0.25) is 0 Å². The highest BCUT2D eigenvalue weighted by Crippen LogP contribution is 2.55. The molecule has 3 aliphatic carbocycles. The van der Waals surface area contributed by atoms with Crippen LogP contribution in [-0.4, -0.2) is 27.9 Å². The van der Waals surface area contributed by atoms with E-state index < -0.39 is 11.4 Å². The third kappa shape index (κ3) is 2.41. The van der Waals surface area contributed by atoms with Gasteiger partial charge >= 0.3 is 5.97 Å². The Morgan fingerprint density at radius 3 is 2.64 bits per heavy atom. The van der Waals surface area contributed by atoms with Gasteiger partial charge < -0.3 is 14.9 Å². The van der Waals surface area contributed by atoms with Crippen molar-refractivity contribution in [2.45, 2.75) is 64.6 Å². The van der Waals surface area contributed by atoms with E-state index in [4.69, 9.17) is 4.74 Å². The summed E-state index contributed by atoms with van der Waals surface area (Å²) in [5, 5.41) is 20.6. The average molecular weight is 344 g/mol. The summed E-state index contributed by atoms with van der Waals surface area (Å²) in [6, 6.07) is 0. The Kier molecular flexibility index (Phi) is 3.70. The molecule has 4 aliphatic rings. The number of aliphatic hydroxyl groups excluding tert-OH is 1. The lowest BCUT2D eigenvalue weighted by Crippen LogP contribution is -2.55. The molecule has 1 saturated heterocycles. The fraction of sp³-hybridized carbons (Fsp3) is 0.667. The summed E-state index contributed by atoms with van der Waals surface area (Å²) in [6.45, 7) is 6.43. The molecule has 1 heterocycles. The molecule has 0 radical (unpaired) electrons. The Morgan fingerprint density at radius 2 is 2.04 bits per heavy atom. The third-order valence-corrected chi connectivity index (χ3v) is 7.10. The molecule has 0 spiro atoms. The highest BCUT2D eigenvalue weighted by Gasteiger charge is 2.54. The van der Waals surface area contributed by atoms with Crippen LogP contribution in [0.25, 0.3) is 0 Å². The fourth-order valence-corrected chi connectivity index (χ4v) is 5.49. The van der Waals surface area contributed by atoms with Crippen molar-refractivity contribution in [1.29, 1.82) is 0 Å². The van der Waals surface area contributed by atoms with Crippen molar-refractivity contribution in [3.05, 3.63) is 35.1 Å². The van der Waals surface area contributed by atoms with Crippen LogP contribution in [0.1, 0.15) is 52.9 Å². The van der Waals surface area contributed by atoms with Gasteiger partial charge in [0.15, 0.2) is 0 Å². The number of hydrogen-bond acceptors (Lipinski definition) is 3. The maximum Gasteiger partial charge on any atom is 0.314 e. The van der Waals surface area contributed by atoms with E-state index >= 15 is 0 Å². The monoisotopic (exact) mass is 344 g/mol. The van der Waals surface area contributed by atoms with Crippen LogP contribution < -0.4 is 0 Å². The molecule has 2 N–H and O–H groups in total. The predicted molar refractivity (Wildman–Crippen MR) is 95.1 cm³/mol. The second-order valence-electron chi connectivity index (χ2n) is 8.90. The molecule has 0 aromatic rings. The highest BCUT2D eigenvalue weighted by atomic mass is 16.5. The Hall–Kier alpha value is -1.55. The van der Waals surface area contributed by atoms with Crippen LogP contribution in [0.3, 0.4) is 0 Å². The van der Waals surface area contributed by atoms with E-state index in [9.17, 15) is 15.0 Å². The second kappa shape index (κ2) is 5.47. The van der Waals surface area contributed by atoms with Crippen molar-refractivity contribution >= 4 is 5.97 Å². The summed E-state index contributed by atoms with van der Waals surface area (Å²) in [5.41, 5.74) is 1.01. The summed E-state index contributed by atoms with van der Waals surface area (Å²) in [6.07, 6.45) is 9.97. The Balaban J connectivity index is 1.72. The maximum atomic E-state index is 11.9. The number of carboxylic acid groups (broad SMARTS) is 1. The topological polar surface area (TPSA) is 66.8 Å². The number of ether oxygens (including phenoxy) is 1. The lowest BCUT2D eigenvalue weighted by atomic mass is 9.59. The number of aliphatic carboxylic acids is 1. The minimum absolute atomic E-state index is 0.0589. The summed E-state index contributed by atoms with van der Waals surface area (Å²) in [4.78, 5) is 11.9. The van der Waals surface area contributed by atoms with Gasteiger partial charge in [0.2, 0.25) is 0 Å². The van der Waals surface area contributed by atoms with Gasteiger partial charge in [-0.25, -0.2) is 0 Å². The fourth-order valence-electron chi connectivity index (χ4n) is 5.49. The van der Waals surface area contributed by atoms with Gasteiger partial charge in [0.1, 0.15) is 0 Å². The Labute approximate surface area is 149 Å². The number of hydrogen-bond donors (Lipinski definition) is 2. The van der Waals surface area contributed by atoms with Crippen LogP contribution in [-0.2, 0) is 9.53 Å². The standard InChI is InChI=1S/C21H28O4/c1-12-5-6-15-14(9-12)18-16(22)10-13(11-17(18)25-20(15,2)3)21(19(23)24)7-4-8-21/h5,10-11,14-15,17-18,22H,4,6-9H2,1-3H3,(H,23,24)/t14-,15?,17?,18?/m1/s1. The van der Waals surface area contributed by atoms with Crippen molar-refractivity contribution < 1.29 is 19.7 Å². The summed E-state index contributed by atoms with van der Waals surface area (Å²) >= 11 is 0. The van der Waals surface area contributed by atoms with Crippen molar-refractivity contribution in [1.82, 2.24) is 0 Å². The van der Waals surface area contributed by atoms with Gasteiger partial charge in [-0.1, -0.05) is 24.1 Å². The molecule has 136 valence electrons. The van der Waals surface area contributed by atoms with Crippen LogP contribution in [0.5, 0.6) is 0 Å². The number of rotatable bonds is 2. The van der Waals surface area contributed by atoms with Gasteiger partial charge in [-0.05, 0) is 69.9 Å². The highest BCUT2D eigenvalue weighted by molar-refractivity contribution is 5.81. The minimum atomic E-state index is -0.828. The van der Waals surface area contributed by atoms with Crippen LogP contribution >= 0.6 is 0 Å². The lowest BCUT2D eigenvalue weighted by molar-refractivity contribution is -0.178. The molecule has 0 aromatic heterocycles. The zero-order chi connectivity index (χ0) is 18.0. The predicted octanol–water partition coefficient (Wildman–Crippen LogP) is 4.39. The molecule has 3 unspecified atom stereocenters. The van der Waals surface area contributed by atoms with Gasteiger partial charge in [0.25, 0.3) is 0 Å². The van der Waals surface area contributed by atoms with E-state index in [2.05, 4.69) is 26.8 Å². The molecule has 0 amide bonds. The number of aliphatic hydroxyl groups is 1. The third-order valence-electron chi connectivity index (χ3n) is 7.10. The van der Waals surface area contributed by atoms with Gasteiger partial charge in [-0.15, -0.1) is 0 Å². The molecule has 4 atom stereocenters. The van der Waals surface area contributed by atoms with E-state index in [1.54, 1.807) is 6.08 Å². The largest absolute Gasteiger partial charge is 0.512 e. The Morgan fingerprint density at radius 1 is 1.32 bits per heavy atom. The van der Waals surface area contributed by atoms with Crippen molar-refractivity contribution in [3.63, 3.8) is 0 Å². The molecule has 2 fully saturated rings. The van der Waals surface area contributed by atoms with Crippen LogP contribution in [0.4, 0.5) is 0 Å². The first-order valence-electron chi connectivity index (χ1n) is 9.44.